The Labute approximate surface area is 164 Å². The van der Waals surface area contributed by atoms with Gasteiger partial charge < -0.3 is 10.0 Å². The lowest BCUT2D eigenvalue weighted by molar-refractivity contribution is -0.138. The van der Waals surface area contributed by atoms with Gasteiger partial charge in [0, 0.05) is 30.6 Å². The molecular formula is C21H22N2O4S. The number of anilines is 1. The molecular weight excluding hydrogens is 394 g/mol. The van der Waals surface area contributed by atoms with Crippen LogP contribution in [0.1, 0.15) is 5.56 Å². The van der Waals surface area contributed by atoms with Crippen LogP contribution in [0.4, 0.5) is 5.69 Å². The zero-order chi connectivity index (χ0) is 20.3. The number of hydrogen-bond acceptors (Lipinski definition) is 4. The van der Waals surface area contributed by atoms with Crippen molar-refractivity contribution in [3.8, 4) is 0 Å². The summed E-state index contributed by atoms with van der Waals surface area (Å²) in [7, 11) is -0.276. The van der Waals surface area contributed by atoms with Gasteiger partial charge in [-0.1, -0.05) is 54.6 Å². The molecule has 7 heteroatoms. The van der Waals surface area contributed by atoms with Crippen LogP contribution in [0.25, 0.3) is 10.8 Å². The molecule has 0 saturated heterocycles. The van der Waals surface area contributed by atoms with Gasteiger partial charge in [-0.2, -0.15) is 4.72 Å². The molecule has 0 amide bonds. The SMILES string of the molecule is CN(C)c1cccc2c(S(=O)(=O)N[14C@H]([14CH2][14c]3[14cH][14cH][14cH][14cH][14cH]3)[14C](=O)O)cccc12. The first-order chi connectivity index (χ1) is 13.3. The van der Waals surface area contributed by atoms with Gasteiger partial charge in [0.1, 0.15) is 6.04 Å². The number of rotatable bonds is 7. The van der Waals surface area contributed by atoms with Crippen molar-refractivity contribution < 1.29 is 18.3 Å². The van der Waals surface area contributed by atoms with Crippen molar-refractivity contribution in [1.29, 1.82) is 0 Å². The number of sulfonamides is 1. The predicted molar refractivity (Wildman–Crippen MR) is 110 cm³/mol. The Balaban J connectivity index is 2.00. The molecule has 0 spiro atoms. The second kappa shape index (κ2) is 8.00. The minimum atomic E-state index is -4.04. The fourth-order valence-electron chi connectivity index (χ4n) is 3.17. The third-order valence-electron chi connectivity index (χ3n) is 4.51. The first-order valence-electron chi connectivity index (χ1n) is 8.78. The first kappa shape index (κ1) is 19.9. The molecule has 0 unspecified atom stereocenters. The summed E-state index contributed by atoms with van der Waals surface area (Å²) in [6.07, 6.45) is 0.0586. The Bertz CT molecular complexity index is 1100. The van der Waals surface area contributed by atoms with Crippen molar-refractivity contribution >= 4 is 32.5 Å². The van der Waals surface area contributed by atoms with E-state index in [2.05, 4.69) is 4.72 Å². The zero-order valence-corrected chi connectivity index (χ0v) is 16.5. The number of carboxylic acids is 1. The predicted octanol–water partition coefficient (Wildman–Crippen LogP) is 2.88. The highest BCUT2D eigenvalue weighted by molar-refractivity contribution is 7.89. The van der Waals surface area contributed by atoms with Gasteiger partial charge >= 0.3 is 5.97 Å². The summed E-state index contributed by atoms with van der Waals surface area (Å²) >= 11 is 0. The second-order valence-corrected chi connectivity index (χ2v) is 8.41. The fourth-order valence-corrected chi connectivity index (χ4v) is 4.58. The summed E-state index contributed by atoms with van der Waals surface area (Å²) < 4.78 is 28.4. The summed E-state index contributed by atoms with van der Waals surface area (Å²) in [5, 5.41) is 10.9. The summed E-state index contributed by atoms with van der Waals surface area (Å²) in [4.78, 5) is 13.7. The highest BCUT2D eigenvalue weighted by Crippen LogP contribution is 2.30. The van der Waals surface area contributed by atoms with E-state index in [9.17, 15) is 18.3 Å². The molecule has 1 atom stereocenters. The Morgan fingerprint density at radius 3 is 2.39 bits per heavy atom. The van der Waals surface area contributed by atoms with Gasteiger partial charge in [0.2, 0.25) is 10.0 Å². The second-order valence-electron chi connectivity index (χ2n) is 6.72. The zero-order valence-electron chi connectivity index (χ0n) is 15.7. The minimum Gasteiger partial charge on any atom is -0.480 e. The molecule has 0 saturated carbocycles. The Kier molecular flexibility index (Phi) is 5.67. The number of nitrogens with one attached hydrogen (secondary N) is 1. The molecule has 0 aromatic heterocycles. The van der Waals surface area contributed by atoms with Crippen LogP contribution < -0.4 is 9.62 Å². The van der Waals surface area contributed by atoms with E-state index < -0.39 is 22.0 Å². The van der Waals surface area contributed by atoms with E-state index in [-0.39, 0.29) is 11.3 Å². The normalized spacial score (nSPS) is 12.6. The molecule has 0 aliphatic heterocycles. The van der Waals surface area contributed by atoms with Crippen LogP contribution in [0, 0.1) is 0 Å². The maximum absolute atomic E-state index is 13.0. The molecule has 0 bridgehead atoms. The monoisotopic (exact) mass is 416 g/mol. The van der Waals surface area contributed by atoms with Gasteiger partial charge in [0.05, 0.1) is 4.90 Å². The average molecular weight is 416 g/mol. The van der Waals surface area contributed by atoms with E-state index in [1.165, 1.54) is 6.07 Å². The highest BCUT2D eigenvalue weighted by Gasteiger charge is 2.27. The third-order valence-corrected chi connectivity index (χ3v) is 6.04. The van der Waals surface area contributed by atoms with Gasteiger partial charge in [-0.25, -0.2) is 8.42 Å². The van der Waals surface area contributed by atoms with Crippen molar-refractivity contribution in [1.82, 2.24) is 4.72 Å². The van der Waals surface area contributed by atoms with Crippen LogP contribution >= 0.6 is 0 Å². The number of aliphatic carboxylic acids is 1. The number of carbonyl (C=O) groups is 1. The molecule has 28 heavy (non-hydrogen) atoms. The Morgan fingerprint density at radius 1 is 1.11 bits per heavy atom. The van der Waals surface area contributed by atoms with Crippen molar-refractivity contribution in [3.63, 3.8) is 0 Å². The van der Waals surface area contributed by atoms with Crippen LogP contribution in [-0.2, 0) is 21.2 Å². The molecule has 0 aliphatic rings. The summed E-state index contributed by atoms with van der Waals surface area (Å²) in [6.45, 7) is 0. The summed E-state index contributed by atoms with van der Waals surface area (Å²) in [5.41, 5.74) is 1.62. The van der Waals surface area contributed by atoms with Gasteiger partial charge in [0.15, 0.2) is 0 Å². The molecule has 0 heterocycles. The molecule has 0 aliphatic carbocycles. The summed E-state index contributed by atoms with van der Waals surface area (Å²) in [5.74, 6) is -1.22. The molecule has 2 N–H and O–H groups in total. The number of hydrogen-bond donors (Lipinski definition) is 2. The van der Waals surface area contributed by atoms with Crippen LogP contribution in [0.3, 0.4) is 0 Å². The lowest BCUT2D eigenvalue weighted by Crippen LogP contribution is -2.42. The third kappa shape index (κ3) is 4.16. The minimum absolute atomic E-state index is 0.0586. The smallest absolute Gasteiger partial charge is 0.322 e. The van der Waals surface area contributed by atoms with E-state index in [0.29, 0.717) is 5.39 Å². The highest BCUT2D eigenvalue weighted by atomic mass is 32.2. The maximum Gasteiger partial charge on any atom is 0.322 e. The quantitative estimate of drug-likeness (QED) is 0.619. The van der Waals surface area contributed by atoms with Crippen LogP contribution in [0.5, 0.6) is 0 Å². The number of benzene rings is 3. The molecule has 3 rings (SSSR count). The lowest BCUT2D eigenvalue weighted by atomic mass is 10.1. The first-order valence-corrected chi connectivity index (χ1v) is 10.3. The van der Waals surface area contributed by atoms with E-state index in [1.54, 1.807) is 42.5 Å². The maximum atomic E-state index is 13.0. The molecule has 3 aromatic carbocycles. The van der Waals surface area contributed by atoms with Crippen molar-refractivity contribution in [2.24, 2.45) is 0 Å². The topological polar surface area (TPSA) is 86.7 Å². The fraction of sp³-hybridized carbons (Fsp3) is 0.190. The van der Waals surface area contributed by atoms with Crippen LogP contribution in [0.2, 0.25) is 0 Å². The van der Waals surface area contributed by atoms with Gasteiger partial charge in [-0.3, -0.25) is 4.79 Å². The Hall–Kier alpha value is -2.90. The molecule has 146 valence electrons. The van der Waals surface area contributed by atoms with E-state index in [0.717, 1.165) is 16.6 Å². The van der Waals surface area contributed by atoms with E-state index in [4.69, 9.17) is 0 Å². The van der Waals surface area contributed by atoms with Gasteiger partial charge in [0.25, 0.3) is 0 Å². The van der Waals surface area contributed by atoms with Crippen molar-refractivity contribution in [3.05, 3.63) is 72.3 Å². The Morgan fingerprint density at radius 2 is 1.75 bits per heavy atom. The summed E-state index contributed by atoms with van der Waals surface area (Å²) in [6, 6.07) is 18.1. The number of nitrogens with zero attached hydrogens (tertiary/aromatic N) is 1. The van der Waals surface area contributed by atoms with Gasteiger partial charge in [-0.05, 0) is 24.1 Å². The van der Waals surface area contributed by atoms with E-state index in [1.807, 2.05) is 37.2 Å². The standard InChI is InChI=1S/C21H22N2O4S/c1-23(2)19-12-6-11-17-16(19)10-7-13-20(17)28(26,27)22-18(21(24)25)14-15-8-4-3-5-9-15/h3-13,18,22H,14H2,1-2H3,(H,24,25)/t18-/m1/s1/i3+2,4+2,5+2,8+2,9+2,14+2,15+2,18+2,21+2. The lowest BCUT2D eigenvalue weighted by Gasteiger charge is -2.18. The molecule has 3 aromatic rings. The van der Waals surface area contributed by atoms with Gasteiger partial charge in [-0.15, -0.1) is 0 Å². The largest absolute Gasteiger partial charge is 0.480 e. The molecule has 6 nitrogen and oxygen atoms in total. The van der Waals surface area contributed by atoms with Crippen molar-refractivity contribution in [2.45, 2.75) is 17.4 Å². The average Bonchev–Trinajstić information content (AvgIpc) is 2.67. The molecule has 0 radical (unpaired) electrons. The van der Waals surface area contributed by atoms with Crippen LogP contribution in [0.15, 0.2) is 71.6 Å². The molecule has 0 fully saturated rings. The number of fused-ring (bicyclic) bond motifs is 1. The number of carboxylic acid groups (broad SMARTS) is 1. The van der Waals surface area contributed by atoms with E-state index >= 15 is 0 Å². The van der Waals surface area contributed by atoms with Crippen molar-refractivity contribution in [2.75, 3.05) is 19.0 Å². The van der Waals surface area contributed by atoms with Crippen LogP contribution in [-0.4, -0.2) is 39.6 Å².